The minimum atomic E-state index is -1.54. The molecule has 1 aromatic heterocycles. The fourth-order valence-electron chi connectivity index (χ4n) is 5.05. The van der Waals surface area contributed by atoms with Crippen LogP contribution in [0.5, 0.6) is 5.75 Å². The maximum Gasteiger partial charge on any atom is 0.226 e. The Labute approximate surface area is 191 Å². The van der Waals surface area contributed by atoms with Crippen molar-refractivity contribution >= 4 is 16.8 Å². The van der Waals surface area contributed by atoms with E-state index in [0.29, 0.717) is 24.4 Å². The zero-order valence-corrected chi connectivity index (χ0v) is 19.6. The Hall–Kier alpha value is -2.22. The van der Waals surface area contributed by atoms with Gasteiger partial charge in [0.05, 0.1) is 18.5 Å². The molecular formula is C25H38N4O3. The second-order valence-electron chi connectivity index (χ2n) is 8.69. The van der Waals surface area contributed by atoms with Crippen LogP contribution in [0.4, 0.5) is 0 Å². The number of carbonyl (C=O) groups is 1. The predicted molar refractivity (Wildman–Crippen MR) is 127 cm³/mol. The molecule has 1 aliphatic heterocycles. The maximum absolute atomic E-state index is 12.8. The molecule has 0 saturated carbocycles. The van der Waals surface area contributed by atoms with E-state index in [9.17, 15) is 9.90 Å². The van der Waals surface area contributed by atoms with Gasteiger partial charge in [-0.25, -0.2) is 0 Å². The van der Waals surface area contributed by atoms with Crippen molar-refractivity contribution in [3.63, 3.8) is 0 Å². The molecule has 1 fully saturated rings. The average Bonchev–Trinajstić information content (AvgIpc) is 2.80. The van der Waals surface area contributed by atoms with Gasteiger partial charge in [0.1, 0.15) is 5.75 Å². The van der Waals surface area contributed by atoms with Crippen molar-refractivity contribution in [3.05, 3.63) is 36.0 Å². The third kappa shape index (κ3) is 4.90. The van der Waals surface area contributed by atoms with E-state index in [4.69, 9.17) is 10.5 Å². The number of methoxy groups -OCH3 is 1. The van der Waals surface area contributed by atoms with Crippen LogP contribution in [0.15, 0.2) is 30.5 Å². The summed E-state index contributed by atoms with van der Waals surface area (Å²) in [4.78, 5) is 19.2. The summed E-state index contributed by atoms with van der Waals surface area (Å²) in [5, 5.41) is 16.6. The summed E-state index contributed by atoms with van der Waals surface area (Å²) in [7, 11) is 1.61. The van der Waals surface area contributed by atoms with Gasteiger partial charge in [-0.05, 0) is 50.2 Å². The van der Waals surface area contributed by atoms with Crippen molar-refractivity contribution in [2.75, 3.05) is 26.7 Å². The lowest BCUT2D eigenvalue weighted by Crippen LogP contribution is -2.65. The zero-order valence-electron chi connectivity index (χ0n) is 19.6. The molecular weight excluding hydrogens is 404 g/mol. The smallest absolute Gasteiger partial charge is 0.226 e. The van der Waals surface area contributed by atoms with Gasteiger partial charge in [0.15, 0.2) is 5.72 Å². The van der Waals surface area contributed by atoms with Crippen molar-refractivity contribution < 1.29 is 14.6 Å². The molecule has 0 spiro atoms. The molecule has 0 bridgehead atoms. The minimum Gasteiger partial charge on any atom is -0.497 e. The summed E-state index contributed by atoms with van der Waals surface area (Å²) < 4.78 is 5.41. The highest BCUT2D eigenvalue weighted by atomic mass is 16.5. The number of aliphatic hydroxyl groups is 1. The number of hydrogen-bond donors (Lipinski definition) is 3. The third-order valence-corrected chi connectivity index (χ3v) is 6.75. The minimum absolute atomic E-state index is 0.194. The van der Waals surface area contributed by atoms with Gasteiger partial charge in [0, 0.05) is 29.7 Å². The number of hydrogen-bond acceptors (Lipinski definition) is 6. The predicted octanol–water partition coefficient (Wildman–Crippen LogP) is 3.14. The summed E-state index contributed by atoms with van der Waals surface area (Å²) in [5.74, 6) is -0.614. The van der Waals surface area contributed by atoms with Crippen LogP contribution in [0.3, 0.4) is 0 Å². The topological polar surface area (TPSA) is 101 Å². The van der Waals surface area contributed by atoms with Gasteiger partial charge in [0.2, 0.25) is 5.91 Å². The number of unbranched alkanes of at least 4 members (excludes halogenated alkanes) is 4. The molecule has 4 N–H and O–H groups in total. The van der Waals surface area contributed by atoms with E-state index in [1.165, 1.54) is 19.3 Å². The van der Waals surface area contributed by atoms with Crippen molar-refractivity contribution in [1.82, 2.24) is 15.2 Å². The largest absolute Gasteiger partial charge is 0.497 e. The third-order valence-electron chi connectivity index (χ3n) is 6.75. The Morgan fingerprint density at radius 2 is 2.06 bits per heavy atom. The molecule has 1 aliphatic rings. The van der Waals surface area contributed by atoms with Crippen LogP contribution in [-0.4, -0.2) is 53.7 Å². The van der Waals surface area contributed by atoms with E-state index in [1.807, 2.05) is 30.0 Å². The number of aromatic nitrogens is 1. The van der Waals surface area contributed by atoms with Gasteiger partial charge in [-0.2, -0.15) is 0 Å². The van der Waals surface area contributed by atoms with E-state index in [2.05, 4.69) is 17.2 Å². The molecule has 176 valence electrons. The Bertz CT molecular complexity index is 906. The monoisotopic (exact) mass is 442 g/mol. The second-order valence-corrected chi connectivity index (χ2v) is 8.69. The zero-order chi connectivity index (χ0) is 23.1. The number of piperidine rings is 1. The SMILES string of the molecule is CCCCCCCN[C@H]1CCN(CC)[C@](O)(c2ccnc3ccc(OC)cc23)[C@H]1C(N)=O. The molecule has 3 atom stereocenters. The van der Waals surface area contributed by atoms with Crippen LogP contribution in [-0.2, 0) is 10.5 Å². The number of nitrogens with zero attached hydrogens (tertiary/aromatic N) is 2. The van der Waals surface area contributed by atoms with Gasteiger partial charge in [-0.3, -0.25) is 14.7 Å². The number of primary amides is 1. The van der Waals surface area contributed by atoms with Crippen LogP contribution in [0.25, 0.3) is 10.9 Å². The number of amides is 1. The molecule has 7 heteroatoms. The van der Waals surface area contributed by atoms with Crippen LogP contribution in [0, 0.1) is 5.92 Å². The molecule has 2 aromatic rings. The molecule has 0 radical (unpaired) electrons. The Kier molecular flexibility index (Phi) is 8.45. The summed E-state index contributed by atoms with van der Waals surface area (Å²) in [5.41, 5.74) is 5.79. The first-order valence-corrected chi connectivity index (χ1v) is 11.9. The highest BCUT2D eigenvalue weighted by Crippen LogP contribution is 2.43. The van der Waals surface area contributed by atoms with Crippen LogP contribution in [0.2, 0.25) is 0 Å². The standard InChI is InChI=1S/C25H38N4O3/c1-4-6-7-8-9-14-27-22-13-16-29(5-2)25(31,23(22)24(26)30)20-12-15-28-21-11-10-18(32-3)17-19(20)21/h10-12,15,17,22-23,27,31H,4-9,13-14,16H2,1-3H3,(H2,26,30)/t22-,23+,25-/m0/s1. The number of nitrogens with two attached hydrogens (primary N) is 1. The van der Waals surface area contributed by atoms with Gasteiger partial charge in [-0.15, -0.1) is 0 Å². The molecule has 1 aromatic carbocycles. The molecule has 0 aliphatic carbocycles. The molecule has 1 saturated heterocycles. The fourth-order valence-corrected chi connectivity index (χ4v) is 5.05. The van der Waals surface area contributed by atoms with Crippen LogP contribution in [0.1, 0.15) is 57.9 Å². The highest BCUT2D eigenvalue weighted by Gasteiger charge is 2.53. The normalized spacial score (nSPS) is 24.0. The summed E-state index contributed by atoms with van der Waals surface area (Å²) in [6, 6.07) is 7.18. The Balaban J connectivity index is 1.97. The number of rotatable bonds is 11. The molecule has 3 rings (SSSR count). The van der Waals surface area contributed by atoms with Crippen molar-refractivity contribution in [2.24, 2.45) is 11.7 Å². The molecule has 1 amide bonds. The van der Waals surface area contributed by atoms with E-state index >= 15 is 0 Å². The van der Waals surface area contributed by atoms with Gasteiger partial charge in [0.25, 0.3) is 0 Å². The second kappa shape index (κ2) is 11.1. The summed E-state index contributed by atoms with van der Waals surface area (Å²) in [6.45, 7) is 6.27. The fraction of sp³-hybridized carbons (Fsp3) is 0.600. The van der Waals surface area contributed by atoms with Crippen molar-refractivity contribution in [2.45, 2.75) is 64.1 Å². The first-order valence-electron chi connectivity index (χ1n) is 11.9. The van der Waals surface area contributed by atoms with E-state index in [1.54, 1.807) is 19.4 Å². The quantitative estimate of drug-likeness (QED) is 0.462. The number of nitrogens with one attached hydrogen (secondary N) is 1. The molecule has 7 nitrogen and oxygen atoms in total. The van der Waals surface area contributed by atoms with Gasteiger partial charge < -0.3 is 20.9 Å². The number of fused-ring (bicyclic) bond motifs is 1. The number of likely N-dealkylation sites (tertiary alicyclic amines) is 1. The van der Waals surface area contributed by atoms with Crippen LogP contribution < -0.4 is 15.8 Å². The first kappa shape index (κ1) is 24.4. The van der Waals surface area contributed by atoms with Gasteiger partial charge >= 0.3 is 0 Å². The highest BCUT2D eigenvalue weighted by molar-refractivity contribution is 5.86. The lowest BCUT2D eigenvalue weighted by atomic mass is 9.76. The number of carbonyl (C=O) groups excluding carboxylic acids is 1. The summed E-state index contributed by atoms with van der Waals surface area (Å²) in [6.07, 6.45) is 8.33. The van der Waals surface area contributed by atoms with Crippen LogP contribution >= 0.6 is 0 Å². The Morgan fingerprint density at radius 3 is 2.75 bits per heavy atom. The van der Waals surface area contributed by atoms with Gasteiger partial charge in [-0.1, -0.05) is 39.5 Å². The summed E-state index contributed by atoms with van der Waals surface area (Å²) >= 11 is 0. The van der Waals surface area contributed by atoms with Crippen molar-refractivity contribution in [3.8, 4) is 5.75 Å². The van der Waals surface area contributed by atoms with E-state index in [-0.39, 0.29) is 6.04 Å². The van der Waals surface area contributed by atoms with Crippen molar-refractivity contribution in [1.29, 1.82) is 0 Å². The Morgan fingerprint density at radius 1 is 1.28 bits per heavy atom. The maximum atomic E-state index is 12.8. The number of pyridine rings is 1. The lowest BCUT2D eigenvalue weighted by Gasteiger charge is -2.51. The lowest BCUT2D eigenvalue weighted by molar-refractivity contribution is -0.189. The number of ether oxygens (including phenoxy) is 1. The van der Waals surface area contributed by atoms with E-state index < -0.39 is 17.6 Å². The molecule has 32 heavy (non-hydrogen) atoms. The average molecular weight is 443 g/mol. The van der Waals surface area contributed by atoms with E-state index in [0.717, 1.165) is 36.7 Å². The number of benzene rings is 1. The first-order chi connectivity index (χ1) is 15.5. The molecule has 2 heterocycles. The molecule has 0 unspecified atom stereocenters.